The number of rotatable bonds is 3. The molecule has 0 spiro atoms. The third kappa shape index (κ3) is 2.16. The monoisotopic (exact) mass is 305 g/mol. The van der Waals surface area contributed by atoms with Crippen LogP contribution in [0.1, 0.15) is 53.5 Å². The van der Waals surface area contributed by atoms with Crippen molar-refractivity contribution in [1.29, 1.82) is 0 Å². The summed E-state index contributed by atoms with van der Waals surface area (Å²) in [4.78, 5) is 16.2. The molecule has 2 unspecified atom stereocenters. The van der Waals surface area contributed by atoms with E-state index in [1.807, 2.05) is 12.1 Å². The van der Waals surface area contributed by atoms with Gasteiger partial charge in [-0.3, -0.25) is 4.79 Å². The minimum Gasteiger partial charge on any atom is -0.290 e. The fraction of sp³-hybridized carbons (Fsp3) is 0.400. The molecule has 1 fully saturated rings. The molecule has 1 aliphatic carbocycles. The number of alkyl halides is 1. The van der Waals surface area contributed by atoms with Gasteiger partial charge in [-0.2, -0.15) is 0 Å². The van der Waals surface area contributed by atoms with Gasteiger partial charge in [-0.25, -0.2) is 14.1 Å². The van der Waals surface area contributed by atoms with Gasteiger partial charge in [-0.1, -0.05) is 23.7 Å². The van der Waals surface area contributed by atoms with Gasteiger partial charge < -0.3 is 0 Å². The number of Topliss-reactive ketones (excluding diaryl/α,β-unsaturated/α-hetero) is 1. The first-order valence-electron chi connectivity index (χ1n) is 7.03. The SMILES string of the molecule is O=C(c1nc2n(n1)C(c1cccc(Cl)c1)CC2F)C1CC1. The largest absolute Gasteiger partial charge is 0.290 e. The highest BCUT2D eigenvalue weighted by atomic mass is 35.5. The maximum Gasteiger partial charge on any atom is 0.217 e. The van der Waals surface area contributed by atoms with Gasteiger partial charge in [0.05, 0.1) is 6.04 Å². The lowest BCUT2D eigenvalue weighted by molar-refractivity contribution is 0.0956. The lowest BCUT2D eigenvalue weighted by Crippen LogP contribution is -2.10. The minimum absolute atomic E-state index is 0.0378. The Morgan fingerprint density at radius 1 is 1.38 bits per heavy atom. The third-order valence-corrected chi connectivity index (χ3v) is 4.30. The summed E-state index contributed by atoms with van der Waals surface area (Å²) in [5.74, 6) is 0.385. The Balaban J connectivity index is 1.73. The van der Waals surface area contributed by atoms with E-state index in [2.05, 4.69) is 10.1 Å². The van der Waals surface area contributed by atoms with Crippen molar-refractivity contribution in [2.75, 3.05) is 0 Å². The fourth-order valence-electron chi connectivity index (χ4n) is 2.80. The number of aromatic nitrogens is 3. The number of hydrogen-bond acceptors (Lipinski definition) is 3. The molecule has 4 nitrogen and oxygen atoms in total. The zero-order valence-corrected chi connectivity index (χ0v) is 11.9. The summed E-state index contributed by atoms with van der Waals surface area (Å²) in [6.45, 7) is 0. The minimum atomic E-state index is -1.19. The molecule has 0 N–H and O–H groups in total. The van der Waals surface area contributed by atoms with E-state index in [4.69, 9.17) is 11.6 Å². The van der Waals surface area contributed by atoms with E-state index >= 15 is 0 Å². The zero-order chi connectivity index (χ0) is 14.6. The van der Waals surface area contributed by atoms with Gasteiger partial charge in [0.1, 0.15) is 0 Å². The summed E-state index contributed by atoms with van der Waals surface area (Å²) in [6, 6.07) is 7.05. The molecule has 1 aromatic heterocycles. The molecule has 2 aromatic rings. The maximum absolute atomic E-state index is 14.2. The second-order valence-electron chi connectivity index (χ2n) is 5.65. The molecule has 1 aromatic carbocycles. The van der Waals surface area contributed by atoms with Crippen molar-refractivity contribution < 1.29 is 9.18 Å². The summed E-state index contributed by atoms with van der Waals surface area (Å²) in [5, 5.41) is 4.87. The van der Waals surface area contributed by atoms with Gasteiger partial charge >= 0.3 is 0 Å². The van der Waals surface area contributed by atoms with Crippen LogP contribution in [0.3, 0.4) is 0 Å². The lowest BCUT2D eigenvalue weighted by atomic mass is 10.0. The average Bonchev–Trinajstić information content (AvgIpc) is 3.14. The maximum atomic E-state index is 14.2. The molecule has 2 atom stereocenters. The first-order valence-corrected chi connectivity index (χ1v) is 7.41. The molecule has 21 heavy (non-hydrogen) atoms. The van der Waals surface area contributed by atoms with Crippen molar-refractivity contribution in [2.45, 2.75) is 31.5 Å². The summed E-state index contributed by atoms with van der Waals surface area (Å²) in [7, 11) is 0. The van der Waals surface area contributed by atoms with Crippen LogP contribution in [-0.2, 0) is 0 Å². The number of carbonyl (C=O) groups is 1. The van der Waals surface area contributed by atoms with Crippen LogP contribution in [0.4, 0.5) is 4.39 Å². The standard InChI is InChI=1S/C15H13ClFN3O/c16-10-3-1-2-9(6-10)12-7-11(17)15-18-14(19-20(12)15)13(21)8-4-5-8/h1-3,6,8,11-12H,4-5,7H2. The summed E-state index contributed by atoms with van der Waals surface area (Å²) < 4.78 is 15.7. The smallest absolute Gasteiger partial charge is 0.217 e. The summed E-state index contributed by atoms with van der Waals surface area (Å²) >= 11 is 6.00. The number of fused-ring (bicyclic) bond motifs is 1. The second kappa shape index (κ2) is 4.63. The van der Waals surface area contributed by atoms with Crippen LogP contribution >= 0.6 is 11.6 Å². The highest BCUT2D eigenvalue weighted by Crippen LogP contribution is 2.40. The van der Waals surface area contributed by atoms with Gasteiger partial charge in [-0.05, 0) is 30.5 Å². The summed E-state index contributed by atoms with van der Waals surface area (Å²) in [5.41, 5.74) is 0.888. The number of benzene rings is 1. The molecule has 0 radical (unpaired) electrons. The van der Waals surface area contributed by atoms with Crippen LogP contribution in [-0.4, -0.2) is 20.5 Å². The predicted octanol–water partition coefficient (Wildman–Crippen LogP) is 3.53. The van der Waals surface area contributed by atoms with Crippen LogP contribution in [0.25, 0.3) is 0 Å². The normalized spacial score (nSPS) is 24.1. The van der Waals surface area contributed by atoms with Gasteiger partial charge in [0, 0.05) is 17.4 Å². The number of nitrogens with zero attached hydrogens (tertiary/aromatic N) is 3. The molecule has 2 aliphatic rings. The molecule has 0 amide bonds. The molecule has 4 rings (SSSR count). The van der Waals surface area contributed by atoms with Gasteiger partial charge in [0.25, 0.3) is 0 Å². The van der Waals surface area contributed by atoms with E-state index in [1.54, 1.807) is 16.8 Å². The van der Waals surface area contributed by atoms with Crippen molar-refractivity contribution in [2.24, 2.45) is 5.92 Å². The predicted molar refractivity (Wildman–Crippen MR) is 75.1 cm³/mol. The van der Waals surface area contributed by atoms with Crippen LogP contribution in [0.5, 0.6) is 0 Å². The molecule has 108 valence electrons. The molecule has 1 aliphatic heterocycles. The zero-order valence-electron chi connectivity index (χ0n) is 11.2. The van der Waals surface area contributed by atoms with Gasteiger partial charge in [-0.15, -0.1) is 5.10 Å². The van der Waals surface area contributed by atoms with Crippen LogP contribution in [0, 0.1) is 5.92 Å². The van der Waals surface area contributed by atoms with E-state index in [0.29, 0.717) is 5.02 Å². The fourth-order valence-corrected chi connectivity index (χ4v) is 3.00. The number of halogens is 2. The van der Waals surface area contributed by atoms with Crippen molar-refractivity contribution in [3.05, 3.63) is 46.5 Å². The van der Waals surface area contributed by atoms with Crippen molar-refractivity contribution in [1.82, 2.24) is 14.8 Å². The van der Waals surface area contributed by atoms with Crippen LogP contribution in [0.15, 0.2) is 24.3 Å². The Morgan fingerprint density at radius 3 is 2.90 bits per heavy atom. The Hall–Kier alpha value is -1.75. The Bertz CT molecular complexity index is 725. The molecule has 2 heterocycles. The first kappa shape index (κ1) is 13.0. The molecule has 1 saturated carbocycles. The third-order valence-electron chi connectivity index (χ3n) is 4.07. The molecular weight excluding hydrogens is 293 g/mol. The van der Waals surface area contributed by atoms with Gasteiger partial charge in [0.15, 0.2) is 12.0 Å². The molecule has 6 heteroatoms. The highest BCUT2D eigenvalue weighted by molar-refractivity contribution is 6.30. The van der Waals surface area contributed by atoms with Crippen molar-refractivity contribution in [3.63, 3.8) is 0 Å². The van der Waals surface area contributed by atoms with E-state index < -0.39 is 6.17 Å². The molecule has 0 saturated heterocycles. The number of ketones is 1. The van der Waals surface area contributed by atoms with Crippen LogP contribution < -0.4 is 0 Å². The average molecular weight is 306 g/mol. The Morgan fingerprint density at radius 2 is 2.19 bits per heavy atom. The van der Waals surface area contributed by atoms with E-state index in [-0.39, 0.29) is 35.8 Å². The molecule has 0 bridgehead atoms. The number of hydrogen-bond donors (Lipinski definition) is 0. The van der Waals surface area contributed by atoms with Crippen molar-refractivity contribution >= 4 is 17.4 Å². The second-order valence-corrected chi connectivity index (χ2v) is 6.09. The van der Waals surface area contributed by atoms with E-state index in [9.17, 15) is 9.18 Å². The molecular formula is C15H13ClFN3O. The van der Waals surface area contributed by atoms with Gasteiger partial charge in [0.2, 0.25) is 11.6 Å². The first-order chi connectivity index (χ1) is 10.1. The Kier molecular flexibility index (Phi) is 2.85. The lowest BCUT2D eigenvalue weighted by Gasteiger charge is -2.11. The highest BCUT2D eigenvalue weighted by Gasteiger charge is 2.39. The quantitative estimate of drug-likeness (QED) is 0.815. The van der Waals surface area contributed by atoms with Crippen LogP contribution in [0.2, 0.25) is 5.02 Å². The van der Waals surface area contributed by atoms with E-state index in [0.717, 1.165) is 18.4 Å². The Labute approximate surface area is 125 Å². The topological polar surface area (TPSA) is 47.8 Å². The van der Waals surface area contributed by atoms with E-state index in [1.165, 1.54) is 0 Å². The number of carbonyl (C=O) groups excluding carboxylic acids is 1. The summed E-state index contributed by atoms with van der Waals surface area (Å²) in [6.07, 6.45) is 0.870. The van der Waals surface area contributed by atoms with Crippen molar-refractivity contribution in [3.8, 4) is 0 Å².